The first-order valence-electron chi connectivity index (χ1n) is 8.94. The fourth-order valence-corrected chi connectivity index (χ4v) is 5.91. The van der Waals surface area contributed by atoms with Crippen molar-refractivity contribution in [1.82, 2.24) is 8.61 Å². The molecule has 0 amide bonds. The van der Waals surface area contributed by atoms with E-state index in [9.17, 15) is 30.0 Å². The van der Waals surface area contributed by atoms with E-state index in [1.54, 1.807) is 0 Å². The van der Waals surface area contributed by atoms with Crippen LogP contribution in [0.1, 0.15) is 0 Å². The molecule has 3 rings (SSSR count). The highest BCUT2D eigenvalue weighted by Crippen LogP contribution is 2.27. The van der Waals surface area contributed by atoms with Crippen LogP contribution in [0.3, 0.4) is 0 Å². The van der Waals surface area contributed by atoms with Crippen LogP contribution < -0.4 is 9.47 Å². The third-order valence-corrected chi connectivity index (χ3v) is 8.38. The predicted molar refractivity (Wildman–Crippen MR) is 104 cm³/mol. The highest BCUT2D eigenvalue weighted by Gasteiger charge is 2.35. The van der Waals surface area contributed by atoms with E-state index in [-0.39, 0.29) is 36.0 Å². The van der Waals surface area contributed by atoms with E-state index in [1.807, 2.05) is 0 Å². The molecule has 1 aliphatic heterocycles. The minimum Gasteiger partial charge on any atom is -0.497 e. The summed E-state index contributed by atoms with van der Waals surface area (Å²) >= 11 is 0. The van der Waals surface area contributed by atoms with Gasteiger partial charge in [-0.05, 0) is 36.4 Å². The maximum absolute atomic E-state index is 12.8. The highest BCUT2D eigenvalue weighted by molar-refractivity contribution is 7.89. The Bertz CT molecular complexity index is 1130. The first-order chi connectivity index (χ1) is 14.4. The maximum Gasteiger partial charge on any atom is 0.573 e. The Hall–Kier alpha value is -2.35. The van der Waals surface area contributed by atoms with Crippen molar-refractivity contribution in [3.05, 3.63) is 48.5 Å². The van der Waals surface area contributed by atoms with Crippen molar-refractivity contribution in [2.75, 3.05) is 33.3 Å². The van der Waals surface area contributed by atoms with Gasteiger partial charge in [0.05, 0.1) is 16.9 Å². The van der Waals surface area contributed by atoms with Crippen molar-refractivity contribution in [3.8, 4) is 11.5 Å². The number of hydrogen-bond donors (Lipinski definition) is 0. The second-order valence-corrected chi connectivity index (χ2v) is 10.4. The molecule has 170 valence electrons. The molecule has 8 nitrogen and oxygen atoms in total. The van der Waals surface area contributed by atoms with Crippen LogP contribution in [0.5, 0.6) is 11.5 Å². The second kappa shape index (κ2) is 8.65. The molecule has 0 N–H and O–H groups in total. The smallest absolute Gasteiger partial charge is 0.497 e. The third-order valence-electron chi connectivity index (χ3n) is 4.57. The topological polar surface area (TPSA) is 93.2 Å². The van der Waals surface area contributed by atoms with Crippen LogP contribution in [0, 0.1) is 0 Å². The molecule has 1 saturated heterocycles. The molecule has 0 atom stereocenters. The van der Waals surface area contributed by atoms with Gasteiger partial charge in [-0.1, -0.05) is 6.07 Å². The number of halogens is 3. The van der Waals surface area contributed by atoms with E-state index < -0.39 is 32.2 Å². The van der Waals surface area contributed by atoms with E-state index in [2.05, 4.69) is 4.74 Å². The van der Waals surface area contributed by atoms with Gasteiger partial charge < -0.3 is 9.47 Å². The van der Waals surface area contributed by atoms with Gasteiger partial charge in [0.1, 0.15) is 11.5 Å². The number of piperazine rings is 1. The zero-order valence-electron chi connectivity index (χ0n) is 16.2. The number of nitrogens with zero attached hydrogens (tertiary/aromatic N) is 2. The molecule has 0 unspecified atom stereocenters. The van der Waals surface area contributed by atoms with Gasteiger partial charge in [-0.2, -0.15) is 8.61 Å². The minimum atomic E-state index is -4.95. The van der Waals surface area contributed by atoms with Crippen LogP contribution in [0.25, 0.3) is 0 Å². The summed E-state index contributed by atoms with van der Waals surface area (Å²) in [6.07, 6.45) is -4.95. The molecule has 2 aromatic carbocycles. The van der Waals surface area contributed by atoms with Crippen molar-refractivity contribution >= 4 is 20.0 Å². The SMILES string of the molecule is COc1ccc(S(=O)(=O)N2CCN(S(=O)(=O)c3cccc(OC(F)(F)F)c3)CC2)cc1. The number of methoxy groups -OCH3 is 1. The van der Waals surface area contributed by atoms with Gasteiger partial charge in [-0.3, -0.25) is 0 Å². The summed E-state index contributed by atoms with van der Waals surface area (Å²) in [7, 11) is -6.52. The highest BCUT2D eigenvalue weighted by atomic mass is 32.2. The first kappa shape index (κ1) is 23.3. The molecule has 0 saturated carbocycles. The number of sulfonamides is 2. The van der Waals surface area contributed by atoms with Crippen LogP contribution >= 0.6 is 0 Å². The van der Waals surface area contributed by atoms with Crippen LogP contribution in [0.4, 0.5) is 13.2 Å². The normalized spacial score (nSPS) is 16.8. The Morgan fingerprint density at radius 3 is 1.77 bits per heavy atom. The molecular weight excluding hydrogens is 461 g/mol. The van der Waals surface area contributed by atoms with Gasteiger partial charge in [0, 0.05) is 32.2 Å². The molecule has 0 spiro atoms. The van der Waals surface area contributed by atoms with Gasteiger partial charge in [-0.15, -0.1) is 13.2 Å². The molecule has 0 radical (unpaired) electrons. The van der Waals surface area contributed by atoms with Crippen molar-refractivity contribution in [3.63, 3.8) is 0 Å². The molecule has 0 bridgehead atoms. The zero-order valence-corrected chi connectivity index (χ0v) is 17.9. The van der Waals surface area contributed by atoms with Gasteiger partial charge in [-0.25, -0.2) is 16.8 Å². The number of rotatable bonds is 6. The Morgan fingerprint density at radius 1 is 0.774 bits per heavy atom. The van der Waals surface area contributed by atoms with Gasteiger partial charge in [0.25, 0.3) is 0 Å². The molecule has 1 aliphatic rings. The Morgan fingerprint density at radius 2 is 1.29 bits per heavy atom. The Labute approximate surface area is 177 Å². The Kier molecular flexibility index (Phi) is 6.51. The van der Waals surface area contributed by atoms with Crippen LogP contribution in [-0.4, -0.2) is 65.1 Å². The van der Waals surface area contributed by atoms with Gasteiger partial charge in [0.15, 0.2) is 0 Å². The summed E-state index contributed by atoms with van der Waals surface area (Å²) in [5.74, 6) is -0.166. The maximum atomic E-state index is 12.8. The standard InChI is InChI=1S/C18H19F3N2O6S2/c1-28-14-5-7-16(8-6-14)30(24,25)22-9-11-23(12-10-22)31(26,27)17-4-2-3-15(13-17)29-18(19,20)21/h2-8,13H,9-12H2,1H3. The summed E-state index contributed by atoms with van der Waals surface area (Å²) < 4.78 is 99.4. The van der Waals surface area contributed by atoms with E-state index in [0.29, 0.717) is 5.75 Å². The fraction of sp³-hybridized carbons (Fsp3) is 0.333. The lowest BCUT2D eigenvalue weighted by molar-refractivity contribution is -0.274. The molecular formula is C18H19F3N2O6S2. The van der Waals surface area contributed by atoms with Crippen LogP contribution in [0.15, 0.2) is 58.3 Å². The molecule has 0 aliphatic carbocycles. The summed E-state index contributed by atoms with van der Waals surface area (Å²) in [6, 6.07) is 9.85. The number of benzene rings is 2. The van der Waals surface area contributed by atoms with Crippen molar-refractivity contribution in [2.24, 2.45) is 0 Å². The number of ether oxygens (including phenoxy) is 2. The van der Waals surface area contributed by atoms with E-state index >= 15 is 0 Å². The van der Waals surface area contributed by atoms with Crippen molar-refractivity contribution in [2.45, 2.75) is 16.2 Å². The monoisotopic (exact) mass is 480 g/mol. The lowest BCUT2D eigenvalue weighted by Gasteiger charge is -2.33. The molecule has 31 heavy (non-hydrogen) atoms. The second-order valence-electron chi connectivity index (χ2n) is 6.51. The summed E-state index contributed by atoms with van der Waals surface area (Å²) in [5, 5.41) is 0. The summed E-state index contributed by atoms with van der Waals surface area (Å²) in [5.41, 5.74) is 0. The van der Waals surface area contributed by atoms with Crippen LogP contribution in [-0.2, 0) is 20.0 Å². The minimum absolute atomic E-state index is 0.0432. The van der Waals surface area contributed by atoms with Crippen molar-refractivity contribution < 1.29 is 39.5 Å². The summed E-state index contributed by atoms with van der Waals surface area (Å²) in [6.45, 7) is -0.511. The van der Waals surface area contributed by atoms with Gasteiger partial charge in [0.2, 0.25) is 20.0 Å². The van der Waals surface area contributed by atoms with Gasteiger partial charge >= 0.3 is 6.36 Å². The third kappa shape index (κ3) is 5.29. The predicted octanol–water partition coefficient (Wildman–Crippen LogP) is 2.29. The molecule has 1 heterocycles. The van der Waals surface area contributed by atoms with E-state index in [1.165, 1.54) is 31.4 Å². The molecule has 1 fully saturated rings. The average Bonchev–Trinajstić information content (AvgIpc) is 2.73. The lowest BCUT2D eigenvalue weighted by Crippen LogP contribution is -2.50. The van der Waals surface area contributed by atoms with Crippen LogP contribution in [0.2, 0.25) is 0 Å². The molecule has 2 aromatic rings. The zero-order chi connectivity index (χ0) is 22.9. The first-order valence-corrected chi connectivity index (χ1v) is 11.8. The summed E-state index contributed by atoms with van der Waals surface area (Å²) in [4.78, 5) is -0.331. The molecule has 13 heteroatoms. The van der Waals surface area contributed by atoms with Crippen molar-refractivity contribution in [1.29, 1.82) is 0 Å². The quantitative estimate of drug-likeness (QED) is 0.630. The van der Waals surface area contributed by atoms with E-state index in [4.69, 9.17) is 4.74 Å². The molecule has 0 aromatic heterocycles. The largest absolute Gasteiger partial charge is 0.573 e. The number of alkyl halides is 3. The lowest BCUT2D eigenvalue weighted by atomic mass is 10.3. The average molecular weight is 480 g/mol. The number of hydrogen-bond acceptors (Lipinski definition) is 6. The fourth-order valence-electron chi connectivity index (χ4n) is 3.03. The van der Waals surface area contributed by atoms with E-state index in [0.717, 1.165) is 32.9 Å². The Balaban J connectivity index is 1.73.